The molecule has 0 unspecified atom stereocenters. The van der Waals surface area contributed by atoms with Crippen LogP contribution in [-0.2, 0) is 4.74 Å². The number of ether oxygens (including phenoxy) is 1. The van der Waals surface area contributed by atoms with Crippen molar-refractivity contribution in [3.05, 3.63) is 42.6 Å². The standard InChI is InChI=1S/C21H27N3OS/c1(5-12-23-14-16-25-17-15-23)2-6-13-24-18-8-3-4-9-19(18)26-20-10-7-11-22-21(20)24/h3-4,7-11H,1-2,5-6,12-17H2. The Morgan fingerprint density at radius 2 is 1.65 bits per heavy atom. The van der Waals surface area contributed by atoms with Crippen molar-refractivity contribution in [1.29, 1.82) is 0 Å². The molecule has 1 saturated heterocycles. The summed E-state index contributed by atoms with van der Waals surface area (Å²) in [6, 6.07) is 12.9. The van der Waals surface area contributed by atoms with Crippen molar-refractivity contribution in [3.63, 3.8) is 0 Å². The topological polar surface area (TPSA) is 28.6 Å². The van der Waals surface area contributed by atoms with E-state index in [-0.39, 0.29) is 0 Å². The van der Waals surface area contributed by atoms with E-state index in [2.05, 4.69) is 45.1 Å². The number of morpholine rings is 1. The van der Waals surface area contributed by atoms with Crippen LogP contribution in [0.25, 0.3) is 0 Å². The number of hydrogen-bond donors (Lipinski definition) is 0. The minimum atomic E-state index is 0.902. The highest BCUT2D eigenvalue weighted by Gasteiger charge is 2.23. The maximum absolute atomic E-state index is 5.41. The summed E-state index contributed by atoms with van der Waals surface area (Å²) in [7, 11) is 0. The molecule has 2 aromatic rings. The Morgan fingerprint density at radius 1 is 0.885 bits per heavy atom. The van der Waals surface area contributed by atoms with E-state index in [4.69, 9.17) is 4.74 Å². The van der Waals surface area contributed by atoms with Crippen LogP contribution in [0.3, 0.4) is 0 Å². The number of benzene rings is 1. The first-order valence-electron chi connectivity index (χ1n) is 9.71. The van der Waals surface area contributed by atoms with Crippen LogP contribution in [0.2, 0.25) is 0 Å². The summed E-state index contributed by atoms with van der Waals surface area (Å²) in [6.07, 6.45) is 6.98. The fraction of sp³-hybridized carbons (Fsp3) is 0.476. The quantitative estimate of drug-likeness (QED) is 0.667. The van der Waals surface area contributed by atoms with Crippen LogP contribution in [-0.4, -0.2) is 49.3 Å². The summed E-state index contributed by atoms with van der Waals surface area (Å²) in [4.78, 5) is 12.2. The van der Waals surface area contributed by atoms with Gasteiger partial charge in [0.1, 0.15) is 5.82 Å². The number of fused-ring (bicyclic) bond motifs is 2. The van der Waals surface area contributed by atoms with E-state index in [0.29, 0.717) is 0 Å². The molecule has 5 heteroatoms. The predicted octanol–water partition coefficient (Wildman–Crippen LogP) is 4.58. The molecule has 1 fully saturated rings. The summed E-state index contributed by atoms with van der Waals surface area (Å²) in [6.45, 7) is 6.27. The van der Waals surface area contributed by atoms with E-state index in [1.165, 1.54) is 47.7 Å². The molecule has 2 aliphatic heterocycles. The zero-order valence-electron chi connectivity index (χ0n) is 15.3. The van der Waals surface area contributed by atoms with E-state index in [1.807, 2.05) is 24.0 Å². The number of aromatic nitrogens is 1. The zero-order valence-corrected chi connectivity index (χ0v) is 16.1. The molecule has 4 nitrogen and oxygen atoms in total. The number of para-hydroxylation sites is 1. The molecule has 0 spiro atoms. The van der Waals surface area contributed by atoms with Crippen LogP contribution >= 0.6 is 11.8 Å². The molecule has 26 heavy (non-hydrogen) atoms. The average molecular weight is 370 g/mol. The first-order chi connectivity index (χ1) is 12.9. The summed E-state index contributed by atoms with van der Waals surface area (Å²) in [5.74, 6) is 1.12. The fourth-order valence-corrected chi connectivity index (χ4v) is 4.74. The van der Waals surface area contributed by atoms with E-state index in [9.17, 15) is 0 Å². The second kappa shape index (κ2) is 8.89. The third-order valence-electron chi connectivity index (χ3n) is 5.09. The lowest BCUT2D eigenvalue weighted by atomic mass is 10.1. The highest BCUT2D eigenvalue weighted by Crippen LogP contribution is 2.46. The summed E-state index contributed by atoms with van der Waals surface area (Å²) >= 11 is 1.83. The fourth-order valence-electron chi connectivity index (χ4n) is 3.67. The van der Waals surface area contributed by atoms with Gasteiger partial charge in [0, 0.05) is 30.7 Å². The van der Waals surface area contributed by atoms with E-state index in [1.54, 1.807) is 0 Å². The summed E-state index contributed by atoms with van der Waals surface area (Å²) in [5.41, 5.74) is 1.30. The third-order valence-corrected chi connectivity index (χ3v) is 6.20. The van der Waals surface area contributed by atoms with E-state index in [0.717, 1.165) is 38.7 Å². The van der Waals surface area contributed by atoms with Gasteiger partial charge in [-0.05, 0) is 43.7 Å². The Hall–Kier alpha value is -1.56. The first kappa shape index (κ1) is 17.8. The summed E-state index contributed by atoms with van der Waals surface area (Å²) in [5, 5.41) is 0. The van der Waals surface area contributed by atoms with Gasteiger partial charge < -0.3 is 9.64 Å². The van der Waals surface area contributed by atoms with Gasteiger partial charge in [-0.3, -0.25) is 4.90 Å². The Balaban J connectivity index is 1.29. The van der Waals surface area contributed by atoms with Crippen molar-refractivity contribution in [1.82, 2.24) is 9.88 Å². The lowest BCUT2D eigenvalue weighted by Crippen LogP contribution is -2.36. The minimum absolute atomic E-state index is 0.902. The Morgan fingerprint density at radius 3 is 2.54 bits per heavy atom. The van der Waals surface area contributed by atoms with Crippen molar-refractivity contribution in [3.8, 4) is 0 Å². The van der Waals surface area contributed by atoms with Crippen molar-refractivity contribution in [2.24, 2.45) is 0 Å². The van der Waals surface area contributed by atoms with E-state index < -0.39 is 0 Å². The average Bonchev–Trinajstić information content (AvgIpc) is 2.70. The van der Waals surface area contributed by atoms with Gasteiger partial charge in [0.25, 0.3) is 0 Å². The highest BCUT2D eigenvalue weighted by molar-refractivity contribution is 7.99. The maximum atomic E-state index is 5.41. The van der Waals surface area contributed by atoms with Crippen molar-refractivity contribution in [2.75, 3.05) is 44.3 Å². The molecule has 3 heterocycles. The molecule has 2 aliphatic rings. The number of nitrogens with zero attached hydrogens (tertiary/aromatic N) is 3. The molecule has 0 amide bonds. The number of rotatable bonds is 7. The highest BCUT2D eigenvalue weighted by atomic mass is 32.2. The Labute approximate surface area is 160 Å². The van der Waals surface area contributed by atoms with E-state index >= 15 is 0 Å². The van der Waals surface area contributed by atoms with Crippen molar-refractivity contribution in [2.45, 2.75) is 35.5 Å². The van der Waals surface area contributed by atoms with Gasteiger partial charge in [0.15, 0.2) is 0 Å². The monoisotopic (exact) mass is 369 g/mol. The summed E-state index contributed by atoms with van der Waals surface area (Å²) < 4.78 is 5.41. The van der Waals surface area contributed by atoms with Crippen molar-refractivity contribution < 1.29 is 4.74 Å². The molecule has 0 aliphatic carbocycles. The van der Waals surface area contributed by atoms with Gasteiger partial charge in [-0.15, -0.1) is 0 Å². The third kappa shape index (κ3) is 4.22. The molecule has 0 saturated carbocycles. The minimum Gasteiger partial charge on any atom is -0.379 e. The van der Waals surface area contributed by atoms with Gasteiger partial charge in [-0.25, -0.2) is 4.98 Å². The lowest BCUT2D eigenvalue weighted by Gasteiger charge is -2.31. The SMILES string of the molecule is c1ccc2c(c1)Sc1cccnc1N2CCCCCCN1CCOCC1. The van der Waals surface area contributed by atoms with Gasteiger partial charge in [-0.2, -0.15) is 0 Å². The smallest absolute Gasteiger partial charge is 0.147 e. The molecule has 138 valence electrons. The van der Waals surface area contributed by atoms with Gasteiger partial charge in [0.2, 0.25) is 0 Å². The molecular weight excluding hydrogens is 342 g/mol. The number of unbranched alkanes of at least 4 members (excludes halogenated alkanes) is 3. The second-order valence-electron chi connectivity index (χ2n) is 6.91. The molecule has 1 aromatic heterocycles. The molecule has 0 bridgehead atoms. The van der Waals surface area contributed by atoms with Crippen LogP contribution in [0.5, 0.6) is 0 Å². The zero-order chi connectivity index (χ0) is 17.6. The molecule has 4 rings (SSSR count). The van der Waals surface area contributed by atoms with Crippen LogP contribution in [0.4, 0.5) is 11.5 Å². The normalized spacial score (nSPS) is 17.0. The molecule has 1 aromatic carbocycles. The Kier molecular flexibility index (Phi) is 6.10. The molecule has 0 N–H and O–H groups in total. The largest absolute Gasteiger partial charge is 0.379 e. The number of pyridine rings is 1. The predicted molar refractivity (Wildman–Crippen MR) is 108 cm³/mol. The second-order valence-corrected chi connectivity index (χ2v) is 8.00. The van der Waals surface area contributed by atoms with Crippen molar-refractivity contribution >= 4 is 23.3 Å². The molecular formula is C21H27N3OS. The lowest BCUT2D eigenvalue weighted by molar-refractivity contribution is 0.0371. The van der Waals surface area contributed by atoms with Gasteiger partial charge in [-0.1, -0.05) is 36.7 Å². The molecule has 0 radical (unpaired) electrons. The van der Waals surface area contributed by atoms with Crippen LogP contribution in [0.1, 0.15) is 25.7 Å². The van der Waals surface area contributed by atoms with Gasteiger partial charge in [0.05, 0.1) is 23.8 Å². The molecule has 0 atom stereocenters. The van der Waals surface area contributed by atoms with Crippen LogP contribution < -0.4 is 4.90 Å². The maximum Gasteiger partial charge on any atom is 0.147 e. The first-order valence-corrected chi connectivity index (χ1v) is 10.5. The number of hydrogen-bond acceptors (Lipinski definition) is 5. The van der Waals surface area contributed by atoms with Crippen LogP contribution in [0, 0.1) is 0 Å². The van der Waals surface area contributed by atoms with Gasteiger partial charge >= 0.3 is 0 Å². The van der Waals surface area contributed by atoms with Crippen LogP contribution in [0.15, 0.2) is 52.4 Å². The number of anilines is 2. The Bertz CT molecular complexity index is 672.